The number of rotatable bonds is 0. The van der Waals surface area contributed by atoms with Crippen molar-refractivity contribution in [3.63, 3.8) is 0 Å². The van der Waals surface area contributed by atoms with E-state index in [9.17, 15) is 0 Å². The van der Waals surface area contributed by atoms with Gasteiger partial charge in [-0.1, -0.05) is 0 Å². The Bertz CT molecular complexity index is 212. The Hall–Kier alpha value is -1.32. The molecule has 1 aliphatic carbocycles. The molecule has 52 valence electrons. The number of hydrogen-bond donors (Lipinski definition) is 4. The number of nitrogens with one attached hydrogen (secondary N) is 4. The van der Waals surface area contributed by atoms with E-state index in [0.717, 1.165) is 0 Å². The van der Waals surface area contributed by atoms with Crippen LogP contribution in [0.3, 0.4) is 0 Å². The van der Waals surface area contributed by atoms with Crippen LogP contribution in [0.2, 0.25) is 0 Å². The summed E-state index contributed by atoms with van der Waals surface area (Å²) in [4.78, 5) is 0. The fourth-order valence-corrected chi connectivity index (χ4v) is 0.802. The highest BCUT2D eigenvalue weighted by atomic mass is 14.6. The highest BCUT2D eigenvalue weighted by molar-refractivity contribution is 6.82. The van der Waals surface area contributed by atoms with Gasteiger partial charge in [-0.05, 0) is 12.8 Å². The second kappa shape index (κ2) is 2.13. The number of hydrogen-bond acceptors (Lipinski definition) is 4. The summed E-state index contributed by atoms with van der Waals surface area (Å²) >= 11 is 0. The summed E-state index contributed by atoms with van der Waals surface area (Å²) in [5.41, 5.74) is 0.189. The molecule has 1 saturated carbocycles. The van der Waals surface area contributed by atoms with Gasteiger partial charge >= 0.3 is 0 Å². The summed E-state index contributed by atoms with van der Waals surface area (Å²) in [7, 11) is 0. The van der Waals surface area contributed by atoms with Gasteiger partial charge in [-0.25, -0.2) is 0 Å². The molecule has 0 unspecified atom stereocenters. The van der Waals surface area contributed by atoms with Gasteiger partial charge in [-0.15, -0.1) is 0 Å². The summed E-state index contributed by atoms with van der Waals surface area (Å²) in [6, 6.07) is 0. The molecule has 1 aliphatic rings. The van der Waals surface area contributed by atoms with Crippen LogP contribution in [0, 0.1) is 21.6 Å². The van der Waals surface area contributed by atoms with E-state index in [1.807, 2.05) is 0 Å². The smallest absolute Gasteiger partial charge is 0.102 e. The lowest BCUT2D eigenvalue weighted by atomic mass is 9.93. The molecule has 0 aliphatic heterocycles. The third kappa shape index (κ3) is 0.877. The molecule has 0 spiro atoms. The van der Waals surface area contributed by atoms with Crippen molar-refractivity contribution in [1.29, 1.82) is 21.6 Å². The van der Waals surface area contributed by atoms with Crippen molar-refractivity contribution in [3.05, 3.63) is 0 Å². The highest BCUT2D eigenvalue weighted by Gasteiger charge is 2.21. The maximum atomic E-state index is 7.15. The largest absolute Gasteiger partial charge is 0.303 e. The van der Waals surface area contributed by atoms with Crippen LogP contribution in [0.5, 0.6) is 0 Å². The van der Waals surface area contributed by atoms with E-state index in [1.54, 1.807) is 0 Å². The van der Waals surface area contributed by atoms with E-state index >= 15 is 0 Å². The lowest BCUT2D eigenvalue weighted by molar-refractivity contribution is 1.12. The molecule has 0 saturated heterocycles. The zero-order valence-electron chi connectivity index (χ0n) is 5.41. The first-order valence-corrected chi connectivity index (χ1v) is 2.96. The second-order valence-electron chi connectivity index (χ2n) is 2.21. The van der Waals surface area contributed by atoms with Crippen molar-refractivity contribution >= 4 is 22.8 Å². The van der Waals surface area contributed by atoms with Crippen LogP contribution in [0.15, 0.2) is 0 Å². The van der Waals surface area contributed by atoms with Crippen molar-refractivity contribution in [1.82, 2.24) is 0 Å². The summed E-state index contributed by atoms with van der Waals surface area (Å²) < 4.78 is 0. The highest BCUT2D eigenvalue weighted by Crippen LogP contribution is 2.04. The molecule has 0 bridgehead atoms. The minimum atomic E-state index is -0.0868. The molecule has 0 aromatic heterocycles. The van der Waals surface area contributed by atoms with Crippen LogP contribution in [-0.4, -0.2) is 22.8 Å². The molecule has 1 fully saturated rings. The zero-order valence-corrected chi connectivity index (χ0v) is 5.41. The van der Waals surface area contributed by atoms with Gasteiger partial charge in [0.25, 0.3) is 0 Å². The average Bonchev–Trinajstić information content (AvgIpc) is 1.93. The SMILES string of the molecule is N=C1CCC(=N)C(=N)C1=N. The first-order valence-electron chi connectivity index (χ1n) is 2.96. The van der Waals surface area contributed by atoms with E-state index in [1.165, 1.54) is 0 Å². The van der Waals surface area contributed by atoms with Gasteiger partial charge < -0.3 is 10.8 Å². The van der Waals surface area contributed by atoms with Crippen molar-refractivity contribution in [2.75, 3.05) is 0 Å². The molecule has 0 atom stereocenters. The molecule has 0 aromatic rings. The van der Waals surface area contributed by atoms with Crippen LogP contribution in [-0.2, 0) is 0 Å². The van der Waals surface area contributed by atoms with E-state index < -0.39 is 0 Å². The first-order chi connectivity index (χ1) is 4.63. The van der Waals surface area contributed by atoms with Gasteiger partial charge in [-0.3, -0.25) is 10.8 Å². The fourth-order valence-electron chi connectivity index (χ4n) is 0.802. The normalized spacial score (nSPS) is 20.0. The van der Waals surface area contributed by atoms with Crippen molar-refractivity contribution < 1.29 is 0 Å². The molecule has 0 amide bonds. The Morgan fingerprint density at radius 1 is 0.700 bits per heavy atom. The van der Waals surface area contributed by atoms with Gasteiger partial charge in [0.05, 0.1) is 11.4 Å². The molecule has 4 N–H and O–H groups in total. The molecule has 0 heterocycles. The van der Waals surface area contributed by atoms with Crippen molar-refractivity contribution in [3.8, 4) is 0 Å². The quantitative estimate of drug-likeness (QED) is 0.380. The van der Waals surface area contributed by atoms with E-state index in [0.29, 0.717) is 12.8 Å². The van der Waals surface area contributed by atoms with E-state index in [4.69, 9.17) is 21.6 Å². The lowest BCUT2D eigenvalue weighted by Gasteiger charge is -2.13. The first kappa shape index (κ1) is 6.80. The molecule has 10 heavy (non-hydrogen) atoms. The minimum Gasteiger partial charge on any atom is -0.303 e. The Balaban J connectivity index is 2.90. The third-order valence-electron chi connectivity index (χ3n) is 1.48. The summed E-state index contributed by atoms with van der Waals surface area (Å²) in [6.45, 7) is 0. The van der Waals surface area contributed by atoms with Crippen LogP contribution < -0.4 is 0 Å². The summed E-state index contributed by atoms with van der Waals surface area (Å²) in [6.07, 6.45) is 0.889. The molecular weight excluding hydrogens is 128 g/mol. The monoisotopic (exact) mass is 136 g/mol. The Morgan fingerprint density at radius 3 is 1.30 bits per heavy atom. The maximum absolute atomic E-state index is 7.15. The van der Waals surface area contributed by atoms with Crippen LogP contribution in [0.1, 0.15) is 12.8 Å². The summed E-state index contributed by atoms with van der Waals surface area (Å²) in [5.74, 6) is 0. The molecular formula is C6H8N4. The van der Waals surface area contributed by atoms with Gasteiger partial charge in [0, 0.05) is 0 Å². The molecule has 0 radical (unpaired) electrons. The van der Waals surface area contributed by atoms with Crippen molar-refractivity contribution in [2.24, 2.45) is 0 Å². The van der Waals surface area contributed by atoms with Gasteiger partial charge in [0.1, 0.15) is 11.4 Å². The topological polar surface area (TPSA) is 95.4 Å². The molecule has 4 heteroatoms. The Kier molecular flexibility index (Phi) is 1.45. The standard InChI is InChI=1S/C6H8N4/c7-3-1-2-4(8)6(10)5(3)9/h7-10H,1-2H2. The van der Waals surface area contributed by atoms with Crippen LogP contribution in [0.25, 0.3) is 0 Å². The Labute approximate surface area is 58.3 Å². The van der Waals surface area contributed by atoms with Crippen LogP contribution in [0.4, 0.5) is 0 Å². The van der Waals surface area contributed by atoms with Crippen LogP contribution >= 0.6 is 0 Å². The average molecular weight is 136 g/mol. The summed E-state index contributed by atoms with van der Waals surface area (Å²) in [5, 5.41) is 28.6. The van der Waals surface area contributed by atoms with Crippen molar-refractivity contribution in [2.45, 2.75) is 12.8 Å². The molecule has 4 nitrogen and oxygen atoms in total. The van der Waals surface area contributed by atoms with Gasteiger partial charge in [-0.2, -0.15) is 0 Å². The molecule has 0 aromatic carbocycles. The zero-order chi connectivity index (χ0) is 7.72. The predicted octanol–water partition coefficient (Wildman–Crippen LogP) is 0.859. The van der Waals surface area contributed by atoms with Gasteiger partial charge in [0.2, 0.25) is 0 Å². The van der Waals surface area contributed by atoms with E-state index in [-0.39, 0.29) is 22.8 Å². The Morgan fingerprint density at radius 2 is 1.00 bits per heavy atom. The van der Waals surface area contributed by atoms with E-state index in [2.05, 4.69) is 0 Å². The lowest BCUT2D eigenvalue weighted by Crippen LogP contribution is -2.33. The molecule has 1 rings (SSSR count). The predicted molar refractivity (Wildman–Crippen MR) is 40.1 cm³/mol. The minimum absolute atomic E-state index is 0.0868. The third-order valence-corrected chi connectivity index (χ3v) is 1.48. The fraction of sp³-hybridized carbons (Fsp3) is 0.333. The maximum Gasteiger partial charge on any atom is 0.102 e. The van der Waals surface area contributed by atoms with Gasteiger partial charge in [0.15, 0.2) is 0 Å². The second-order valence-corrected chi connectivity index (χ2v) is 2.21.